The summed E-state index contributed by atoms with van der Waals surface area (Å²) >= 11 is 0. The molecule has 4 N–H and O–H groups in total. The van der Waals surface area contributed by atoms with Gasteiger partial charge in [-0.05, 0) is 12.3 Å². The van der Waals surface area contributed by atoms with Crippen molar-refractivity contribution in [3.05, 3.63) is 12.2 Å². The van der Waals surface area contributed by atoms with Crippen LogP contribution in [0.3, 0.4) is 0 Å². The Morgan fingerprint density at radius 2 is 2.54 bits per heavy atom. The number of aromatic amines is 1. The molecule has 1 aliphatic carbocycles. The minimum atomic E-state index is 0.132. The van der Waals surface area contributed by atoms with Gasteiger partial charge >= 0.3 is 0 Å². The molecule has 0 saturated heterocycles. The van der Waals surface area contributed by atoms with Gasteiger partial charge in [-0.1, -0.05) is 19.3 Å². The Balaban J connectivity index is 1.92. The molecular formula is C8H15N5. The molecule has 5 nitrogen and oxygen atoms in total. The van der Waals surface area contributed by atoms with Crippen LogP contribution in [-0.2, 0) is 0 Å². The summed E-state index contributed by atoms with van der Waals surface area (Å²) in [6, 6.07) is 0.132. The largest absolute Gasteiger partial charge is 0.271 e. The second-order valence-electron chi connectivity index (χ2n) is 3.62. The summed E-state index contributed by atoms with van der Waals surface area (Å²) in [5.74, 6) is 7.11. The lowest BCUT2D eigenvalue weighted by Crippen LogP contribution is -2.31. The van der Waals surface area contributed by atoms with Crippen LogP contribution in [0.15, 0.2) is 6.33 Å². The molecule has 2 rings (SSSR count). The number of aromatic nitrogens is 3. The summed E-state index contributed by atoms with van der Waals surface area (Å²) in [5.41, 5.74) is 2.77. The fraction of sp³-hybridized carbons (Fsp3) is 0.750. The van der Waals surface area contributed by atoms with E-state index in [1.54, 1.807) is 0 Å². The van der Waals surface area contributed by atoms with Crippen LogP contribution in [0.1, 0.15) is 37.5 Å². The van der Waals surface area contributed by atoms with E-state index in [4.69, 9.17) is 5.84 Å². The first-order valence-electron chi connectivity index (χ1n) is 4.71. The molecule has 1 unspecified atom stereocenters. The summed E-state index contributed by atoms with van der Waals surface area (Å²) < 4.78 is 0. The maximum atomic E-state index is 5.45. The van der Waals surface area contributed by atoms with Crippen molar-refractivity contribution in [2.45, 2.75) is 31.7 Å². The smallest absolute Gasteiger partial charge is 0.142 e. The normalized spacial score (nSPS) is 19.8. The summed E-state index contributed by atoms with van der Waals surface area (Å²) in [4.78, 5) is 4.09. The third-order valence-corrected chi connectivity index (χ3v) is 2.76. The average molecular weight is 181 g/mol. The maximum Gasteiger partial charge on any atom is 0.142 e. The first-order valence-corrected chi connectivity index (χ1v) is 4.71. The third-order valence-electron chi connectivity index (χ3n) is 2.76. The van der Waals surface area contributed by atoms with E-state index < -0.39 is 0 Å². The highest BCUT2D eigenvalue weighted by Gasteiger charge is 2.23. The fourth-order valence-corrected chi connectivity index (χ4v) is 1.70. The molecule has 13 heavy (non-hydrogen) atoms. The Morgan fingerprint density at radius 3 is 3.00 bits per heavy atom. The number of H-pyrrole nitrogens is 1. The Bertz CT molecular complexity index is 241. The SMILES string of the molecule is NNC(CC1CCC1)c1ncn[nH]1. The van der Waals surface area contributed by atoms with Gasteiger partial charge in [-0.15, -0.1) is 0 Å². The van der Waals surface area contributed by atoms with Crippen molar-refractivity contribution in [2.24, 2.45) is 11.8 Å². The van der Waals surface area contributed by atoms with Crippen LogP contribution in [0.5, 0.6) is 0 Å². The molecule has 1 fully saturated rings. The number of rotatable bonds is 4. The monoisotopic (exact) mass is 181 g/mol. The molecule has 5 heteroatoms. The first-order chi connectivity index (χ1) is 6.40. The number of nitrogens with one attached hydrogen (secondary N) is 2. The van der Waals surface area contributed by atoms with Crippen LogP contribution in [0.25, 0.3) is 0 Å². The standard InChI is InChI=1S/C8H15N5/c9-12-7(4-6-2-1-3-6)8-10-5-11-13-8/h5-7,12H,1-4,9H2,(H,10,11,13). The van der Waals surface area contributed by atoms with Crippen molar-refractivity contribution in [3.63, 3.8) is 0 Å². The molecule has 0 aliphatic heterocycles. The van der Waals surface area contributed by atoms with Crippen LogP contribution in [0.2, 0.25) is 0 Å². The van der Waals surface area contributed by atoms with Crippen LogP contribution < -0.4 is 11.3 Å². The zero-order valence-corrected chi connectivity index (χ0v) is 7.53. The molecule has 1 saturated carbocycles. The quantitative estimate of drug-likeness (QED) is 0.467. The average Bonchev–Trinajstić information content (AvgIpc) is 2.55. The molecule has 0 amide bonds. The van der Waals surface area contributed by atoms with Crippen LogP contribution >= 0.6 is 0 Å². The molecule has 1 aromatic heterocycles. The highest BCUT2D eigenvalue weighted by Crippen LogP contribution is 2.33. The number of hydrogen-bond acceptors (Lipinski definition) is 4. The summed E-state index contributed by atoms with van der Waals surface area (Å²) in [6.07, 6.45) is 6.59. The van der Waals surface area contributed by atoms with Gasteiger partial charge in [-0.25, -0.2) is 10.4 Å². The summed E-state index contributed by atoms with van der Waals surface area (Å²) in [7, 11) is 0. The van der Waals surface area contributed by atoms with Crippen molar-refractivity contribution in [3.8, 4) is 0 Å². The van der Waals surface area contributed by atoms with E-state index in [-0.39, 0.29) is 6.04 Å². The fourth-order valence-electron chi connectivity index (χ4n) is 1.70. The van der Waals surface area contributed by atoms with Crippen LogP contribution in [0.4, 0.5) is 0 Å². The lowest BCUT2D eigenvalue weighted by atomic mass is 9.81. The van der Waals surface area contributed by atoms with E-state index in [0.717, 1.165) is 18.2 Å². The van der Waals surface area contributed by atoms with Gasteiger partial charge in [-0.3, -0.25) is 10.9 Å². The van der Waals surface area contributed by atoms with Gasteiger partial charge in [0.2, 0.25) is 0 Å². The zero-order valence-electron chi connectivity index (χ0n) is 7.53. The molecule has 1 heterocycles. The van der Waals surface area contributed by atoms with E-state index in [1.807, 2.05) is 0 Å². The predicted octanol–water partition coefficient (Wildman–Crippen LogP) is 0.499. The molecule has 0 radical (unpaired) electrons. The Labute approximate surface area is 77.1 Å². The van der Waals surface area contributed by atoms with E-state index >= 15 is 0 Å². The lowest BCUT2D eigenvalue weighted by Gasteiger charge is -2.28. The minimum Gasteiger partial charge on any atom is -0.271 e. The Hall–Kier alpha value is -0.940. The third kappa shape index (κ3) is 1.87. The molecular weight excluding hydrogens is 166 g/mol. The summed E-state index contributed by atoms with van der Waals surface area (Å²) in [5, 5.41) is 6.65. The van der Waals surface area contributed by atoms with Crippen molar-refractivity contribution in [1.29, 1.82) is 0 Å². The maximum absolute atomic E-state index is 5.45. The van der Waals surface area contributed by atoms with Crippen molar-refractivity contribution in [2.75, 3.05) is 0 Å². The van der Waals surface area contributed by atoms with Gasteiger partial charge in [0.1, 0.15) is 12.2 Å². The van der Waals surface area contributed by atoms with Gasteiger partial charge in [0.15, 0.2) is 0 Å². The van der Waals surface area contributed by atoms with Gasteiger partial charge < -0.3 is 0 Å². The zero-order chi connectivity index (χ0) is 9.10. The van der Waals surface area contributed by atoms with E-state index in [2.05, 4.69) is 20.6 Å². The topological polar surface area (TPSA) is 79.6 Å². The molecule has 0 bridgehead atoms. The van der Waals surface area contributed by atoms with E-state index in [0.29, 0.717) is 0 Å². The van der Waals surface area contributed by atoms with Crippen molar-refractivity contribution in [1.82, 2.24) is 20.6 Å². The Morgan fingerprint density at radius 1 is 1.69 bits per heavy atom. The molecule has 72 valence electrons. The van der Waals surface area contributed by atoms with Crippen molar-refractivity contribution < 1.29 is 0 Å². The molecule has 1 atom stereocenters. The van der Waals surface area contributed by atoms with Gasteiger partial charge in [0, 0.05) is 0 Å². The van der Waals surface area contributed by atoms with E-state index in [1.165, 1.54) is 25.6 Å². The van der Waals surface area contributed by atoms with E-state index in [9.17, 15) is 0 Å². The van der Waals surface area contributed by atoms with Gasteiger partial charge in [-0.2, -0.15) is 5.10 Å². The van der Waals surface area contributed by atoms with Crippen LogP contribution in [0, 0.1) is 5.92 Å². The van der Waals surface area contributed by atoms with Crippen LogP contribution in [-0.4, -0.2) is 15.2 Å². The second-order valence-corrected chi connectivity index (χ2v) is 3.62. The number of nitrogens with zero attached hydrogens (tertiary/aromatic N) is 2. The molecule has 1 aromatic rings. The minimum absolute atomic E-state index is 0.132. The first kappa shape index (κ1) is 8.65. The van der Waals surface area contributed by atoms with Gasteiger partial charge in [0.05, 0.1) is 6.04 Å². The molecule has 1 aliphatic rings. The number of hydrogen-bond donors (Lipinski definition) is 3. The predicted molar refractivity (Wildman–Crippen MR) is 48.4 cm³/mol. The number of hydrazine groups is 1. The second kappa shape index (κ2) is 3.85. The summed E-state index contributed by atoms with van der Waals surface area (Å²) in [6.45, 7) is 0. The Kier molecular flexibility index (Phi) is 2.56. The number of nitrogens with two attached hydrogens (primary N) is 1. The van der Waals surface area contributed by atoms with Crippen molar-refractivity contribution >= 4 is 0 Å². The molecule has 0 aromatic carbocycles. The highest BCUT2D eigenvalue weighted by atomic mass is 15.3. The highest BCUT2D eigenvalue weighted by molar-refractivity contribution is 4.92. The van der Waals surface area contributed by atoms with Gasteiger partial charge in [0.25, 0.3) is 0 Å². The lowest BCUT2D eigenvalue weighted by molar-refractivity contribution is 0.258. The molecule has 0 spiro atoms.